The number of aliphatic hydroxyl groups excluding tert-OH is 1. The molecule has 2 nitrogen and oxygen atoms in total. The highest BCUT2D eigenvalue weighted by Gasteiger charge is 2.24. The smallest absolute Gasteiger partial charge is 0.0923 e. The number of aliphatic hydroxyl groups is 1. The Labute approximate surface area is 145 Å². The van der Waals surface area contributed by atoms with E-state index in [1.165, 1.54) is 60.4 Å². The summed E-state index contributed by atoms with van der Waals surface area (Å²) in [5.41, 5.74) is 4.15. The summed E-state index contributed by atoms with van der Waals surface area (Å²) < 4.78 is 0. The Kier molecular flexibility index (Phi) is 4.60. The third-order valence-corrected chi connectivity index (χ3v) is 6.06. The van der Waals surface area contributed by atoms with E-state index in [0.29, 0.717) is 5.92 Å². The SMILES string of the molecule is CC1CCCc2c1cc(C(O)CN1CCCCC1)c1ccccc21. The van der Waals surface area contributed by atoms with Crippen LogP contribution in [-0.4, -0.2) is 29.6 Å². The minimum atomic E-state index is -0.382. The summed E-state index contributed by atoms with van der Waals surface area (Å²) in [5.74, 6) is 0.610. The van der Waals surface area contributed by atoms with E-state index in [2.05, 4.69) is 42.2 Å². The van der Waals surface area contributed by atoms with E-state index >= 15 is 0 Å². The number of nitrogens with zero attached hydrogens (tertiary/aromatic N) is 1. The molecule has 1 heterocycles. The van der Waals surface area contributed by atoms with Crippen molar-refractivity contribution >= 4 is 10.8 Å². The predicted molar refractivity (Wildman–Crippen MR) is 101 cm³/mol. The number of β-amino-alcohol motifs (C(OH)–C–C–N with tert-alkyl or cyclic N) is 1. The second-order valence-corrected chi connectivity index (χ2v) is 7.75. The third-order valence-electron chi connectivity index (χ3n) is 6.06. The Hall–Kier alpha value is -1.38. The van der Waals surface area contributed by atoms with Crippen LogP contribution in [0.4, 0.5) is 0 Å². The molecule has 24 heavy (non-hydrogen) atoms. The molecule has 2 atom stereocenters. The van der Waals surface area contributed by atoms with Crippen molar-refractivity contribution in [1.29, 1.82) is 0 Å². The monoisotopic (exact) mass is 323 g/mol. The summed E-state index contributed by atoms with van der Waals surface area (Å²) in [6.45, 7) is 5.39. The number of hydrogen-bond acceptors (Lipinski definition) is 2. The van der Waals surface area contributed by atoms with Gasteiger partial charge in [-0.2, -0.15) is 0 Å². The van der Waals surface area contributed by atoms with Crippen LogP contribution in [0.15, 0.2) is 30.3 Å². The number of likely N-dealkylation sites (tertiary alicyclic amines) is 1. The van der Waals surface area contributed by atoms with Gasteiger partial charge < -0.3 is 10.0 Å². The lowest BCUT2D eigenvalue weighted by molar-refractivity contribution is 0.102. The van der Waals surface area contributed by atoms with Crippen LogP contribution < -0.4 is 0 Å². The van der Waals surface area contributed by atoms with Gasteiger partial charge in [-0.1, -0.05) is 43.7 Å². The van der Waals surface area contributed by atoms with Gasteiger partial charge >= 0.3 is 0 Å². The van der Waals surface area contributed by atoms with Gasteiger partial charge in [0, 0.05) is 6.54 Å². The number of benzene rings is 2. The van der Waals surface area contributed by atoms with Crippen molar-refractivity contribution in [1.82, 2.24) is 4.90 Å². The zero-order valence-corrected chi connectivity index (χ0v) is 14.8. The number of rotatable bonds is 3. The molecule has 1 N–H and O–H groups in total. The minimum Gasteiger partial charge on any atom is -0.387 e. The lowest BCUT2D eigenvalue weighted by atomic mass is 9.79. The highest BCUT2D eigenvalue weighted by molar-refractivity contribution is 5.90. The predicted octanol–water partition coefficient (Wildman–Crippen LogP) is 4.80. The Morgan fingerprint density at radius 3 is 2.62 bits per heavy atom. The van der Waals surface area contributed by atoms with Gasteiger partial charge in [0.15, 0.2) is 0 Å². The fourth-order valence-electron chi connectivity index (χ4n) is 4.71. The molecule has 2 aliphatic rings. The molecule has 0 aromatic heterocycles. The van der Waals surface area contributed by atoms with Crippen molar-refractivity contribution < 1.29 is 5.11 Å². The molecular weight excluding hydrogens is 294 g/mol. The first kappa shape index (κ1) is 16.1. The second-order valence-electron chi connectivity index (χ2n) is 7.75. The Morgan fingerprint density at radius 1 is 1.08 bits per heavy atom. The maximum Gasteiger partial charge on any atom is 0.0923 e. The summed E-state index contributed by atoms with van der Waals surface area (Å²) in [5, 5.41) is 13.6. The van der Waals surface area contributed by atoms with Crippen LogP contribution in [0.1, 0.15) is 67.7 Å². The van der Waals surface area contributed by atoms with Crippen molar-refractivity contribution in [3.8, 4) is 0 Å². The maximum absolute atomic E-state index is 11.0. The molecule has 1 aliphatic carbocycles. The molecule has 2 unspecified atom stereocenters. The van der Waals surface area contributed by atoms with E-state index in [1.807, 2.05) is 0 Å². The minimum absolute atomic E-state index is 0.382. The number of piperidine rings is 1. The quantitative estimate of drug-likeness (QED) is 0.877. The number of hydrogen-bond donors (Lipinski definition) is 1. The van der Waals surface area contributed by atoms with E-state index in [4.69, 9.17) is 0 Å². The molecule has 2 heteroatoms. The van der Waals surface area contributed by atoms with Crippen molar-refractivity contribution in [2.24, 2.45) is 0 Å². The lowest BCUT2D eigenvalue weighted by Gasteiger charge is -2.30. The summed E-state index contributed by atoms with van der Waals surface area (Å²) in [6, 6.07) is 11.0. The molecule has 1 saturated heterocycles. The Balaban J connectivity index is 1.74. The Bertz CT molecular complexity index is 717. The van der Waals surface area contributed by atoms with Crippen LogP contribution in [0.25, 0.3) is 10.8 Å². The Morgan fingerprint density at radius 2 is 1.83 bits per heavy atom. The van der Waals surface area contributed by atoms with Gasteiger partial charge in [0.25, 0.3) is 0 Å². The number of fused-ring (bicyclic) bond motifs is 3. The standard InChI is InChI=1S/C22H29NO/c1-16-8-7-11-18-17-9-3-4-10-19(17)21(14-20(16)18)22(24)15-23-12-5-2-6-13-23/h3-4,9-10,14,16,22,24H,2,5-8,11-13,15H2,1H3. The molecule has 0 saturated carbocycles. The average Bonchev–Trinajstić information content (AvgIpc) is 2.62. The summed E-state index contributed by atoms with van der Waals surface area (Å²) in [7, 11) is 0. The van der Waals surface area contributed by atoms with Gasteiger partial charge in [-0.05, 0) is 78.6 Å². The van der Waals surface area contributed by atoms with Crippen LogP contribution in [0, 0.1) is 0 Å². The molecule has 0 spiro atoms. The topological polar surface area (TPSA) is 23.5 Å². The molecular formula is C22H29NO. The maximum atomic E-state index is 11.0. The first-order valence-electron chi connectivity index (χ1n) is 9.69. The zero-order chi connectivity index (χ0) is 16.5. The normalized spacial score (nSPS) is 23.2. The molecule has 0 amide bonds. The van der Waals surface area contributed by atoms with Crippen molar-refractivity contribution in [2.75, 3.05) is 19.6 Å². The van der Waals surface area contributed by atoms with Crippen LogP contribution in [0.3, 0.4) is 0 Å². The molecule has 2 aromatic carbocycles. The first-order chi connectivity index (χ1) is 11.7. The van der Waals surface area contributed by atoms with E-state index in [-0.39, 0.29) is 6.10 Å². The van der Waals surface area contributed by atoms with Crippen LogP contribution in [0.5, 0.6) is 0 Å². The molecule has 2 aromatic rings. The van der Waals surface area contributed by atoms with Crippen LogP contribution >= 0.6 is 0 Å². The van der Waals surface area contributed by atoms with Gasteiger partial charge in [-0.25, -0.2) is 0 Å². The van der Waals surface area contributed by atoms with Crippen molar-refractivity contribution in [3.63, 3.8) is 0 Å². The molecule has 0 radical (unpaired) electrons. The zero-order valence-electron chi connectivity index (χ0n) is 14.8. The van der Waals surface area contributed by atoms with Gasteiger partial charge in [0.05, 0.1) is 6.10 Å². The van der Waals surface area contributed by atoms with Crippen molar-refractivity contribution in [2.45, 2.75) is 57.5 Å². The van der Waals surface area contributed by atoms with E-state index in [9.17, 15) is 5.11 Å². The largest absolute Gasteiger partial charge is 0.387 e. The van der Waals surface area contributed by atoms with Gasteiger partial charge in [-0.3, -0.25) is 0 Å². The second kappa shape index (κ2) is 6.85. The van der Waals surface area contributed by atoms with Crippen molar-refractivity contribution in [3.05, 3.63) is 47.0 Å². The molecule has 128 valence electrons. The van der Waals surface area contributed by atoms with E-state index < -0.39 is 0 Å². The molecule has 1 fully saturated rings. The third kappa shape index (κ3) is 2.98. The van der Waals surface area contributed by atoms with Gasteiger partial charge in [-0.15, -0.1) is 0 Å². The van der Waals surface area contributed by atoms with Crippen LogP contribution in [-0.2, 0) is 6.42 Å². The fourth-order valence-corrected chi connectivity index (χ4v) is 4.71. The average molecular weight is 323 g/mol. The van der Waals surface area contributed by atoms with Gasteiger partial charge in [0.1, 0.15) is 0 Å². The van der Waals surface area contributed by atoms with Gasteiger partial charge in [0.2, 0.25) is 0 Å². The highest BCUT2D eigenvalue weighted by Crippen LogP contribution is 2.39. The van der Waals surface area contributed by atoms with Crippen LogP contribution in [0.2, 0.25) is 0 Å². The number of aryl methyl sites for hydroxylation is 1. The first-order valence-corrected chi connectivity index (χ1v) is 9.69. The van der Waals surface area contributed by atoms with E-state index in [1.54, 1.807) is 0 Å². The lowest BCUT2D eigenvalue weighted by Crippen LogP contribution is -2.33. The molecule has 4 rings (SSSR count). The summed E-state index contributed by atoms with van der Waals surface area (Å²) >= 11 is 0. The fraction of sp³-hybridized carbons (Fsp3) is 0.545. The summed E-state index contributed by atoms with van der Waals surface area (Å²) in [6.07, 6.45) is 7.24. The molecule has 0 bridgehead atoms. The van der Waals surface area contributed by atoms with E-state index in [0.717, 1.165) is 25.2 Å². The highest BCUT2D eigenvalue weighted by atomic mass is 16.3. The molecule has 1 aliphatic heterocycles. The summed E-state index contributed by atoms with van der Waals surface area (Å²) in [4.78, 5) is 2.44.